The van der Waals surface area contributed by atoms with Crippen molar-refractivity contribution in [3.63, 3.8) is 0 Å². The maximum absolute atomic E-state index is 10.8. The van der Waals surface area contributed by atoms with E-state index in [0.717, 1.165) is 21.8 Å². The van der Waals surface area contributed by atoms with Gasteiger partial charge in [0.25, 0.3) is 0 Å². The fourth-order valence-corrected chi connectivity index (χ4v) is 2.33. The maximum Gasteiger partial charge on any atom is 0.345 e. The number of aromatic carboxylic acids is 1. The maximum atomic E-state index is 10.8. The lowest BCUT2D eigenvalue weighted by Gasteiger charge is -2.04. The van der Waals surface area contributed by atoms with Gasteiger partial charge in [-0.25, -0.2) is 9.59 Å². The van der Waals surface area contributed by atoms with E-state index in [-0.39, 0.29) is 4.88 Å². The van der Waals surface area contributed by atoms with E-state index in [9.17, 15) is 9.59 Å². The van der Waals surface area contributed by atoms with Crippen LogP contribution in [0.2, 0.25) is 0 Å². The molecule has 2 N–H and O–H groups in total. The van der Waals surface area contributed by atoms with Gasteiger partial charge in [-0.05, 0) is 29.8 Å². The SMILES string of the molecule is O=C(O)COc1cccc(-c2ccc(C(=O)O)s2)c1. The minimum Gasteiger partial charge on any atom is -0.482 e. The zero-order valence-electron chi connectivity index (χ0n) is 9.70. The minimum absolute atomic E-state index is 0.256. The van der Waals surface area contributed by atoms with E-state index in [1.165, 1.54) is 6.07 Å². The highest BCUT2D eigenvalue weighted by Crippen LogP contribution is 2.30. The van der Waals surface area contributed by atoms with E-state index in [1.54, 1.807) is 24.3 Å². The van der Waals surface area contributed by atoms with Gasteiger partial charge in [0.05, 0.1) is 0 Å². The average molecular weight is 278 g/mol. The number of hydrogen-bond acceptors (Lipinski definition) is 4. The molecule has 19 heavy (non-hydrogen) atoms. The molecule has 5 nitrogen and oxygen atoms in total. The summed E-state index contributed by atoms with van der Waals surface area (Å²) in [6.45, 7) is -0.408. The van der Waals surface area contributed by atoms with Crippen LogP contribution in [-0.2, 0) is 4.79 Å². The van der Waals surface area contributed by atoms with Gasteiger partial charge in [-0.15, -0.1) is 11.3 Å². The van der Waals surface area contributed by atoms with Crippen LogP contribution >= 0.6 is 11.3 Å². The van der Waals surface area contributed by atoms with Crippen molar-refractivity contribution >= 4 is 23.3 Å². The largest absolute Gasteiger partial charge is 0.482 e. The second kappa shape index (κ2) is 5.53. The van der Waals surface area contributed by atoms with Gasteiger partial charge in [0, 0.05) is 4.88 Å². The lowest BCUT2D eigenvalue weighted by atomic mass is 10.2. The van der Waals surface area contributed by atoms with Gasteiger partial charge >= 0.3 is 11.9 Å². The first kappa shape index (κ1) is 13.1. The third-order valence-corrected chi connectivity index (χ3v) is 3.42. The number of rotatable bonds is 5. The molecule has 0 spiro atoms. The number of carboxylic acids is 2. The molecule has 1 aromatic heterocycles. The molecule has 0 bridgehead atoms. The van der Waals surface area contributed by atoms with Crippen molar-refractivity contribution in [2.24, 2.45) is 0 Å². The highest BCUT2D eigenvalue weighted by atomic mass is 32.1. The Bertz CT molecular complexity index is 617. The molecule has 0 radical (unpaired) electrons. The summed E-state index contributed by atoms with van der Waals surface area (Å²) in [4.78, 5) is 22.3. The van der Waals surface area contributed by atoms with E-state index < -0.39 is 18.5 Å². The van der Waals surface area contributed by atoms with Crippen LogP contribution in [-0.4, -0.2) is 28.8 Å². The smallest absolute Gasteiger partial charge is 0.345 e. The number of benzene rings is 1. The van der Waals surface area contributed by atoms with Gasteiger partial charge < -0.3 is 14.9 Å². The molecular weight excluding hydrogens is 268 g/mol. The summed E-state index contributed by atoms with van der Waals surface area (Å²) < 4.78 is 5.07. The Morgan fingerprint density at radius 2 is 1.95 bits per heavy atom. The summed E-state index contributed by atoms with van der Waals surface area (Å²) in [6.07, 6.45) is 0. The Morgan fingerprint density at radius 1 is 1.16 bits per heavy atom. The highest BCUT2D eigenvalue weighted by molar-refractivity contribution is 7.17. The number of aliphatic carboxylic acids is 1. The van der Waals surface area contributed by atoms with Crippen molar-refractivity contribution in [3.8, 4) is 16.2 Å². The molecule has 98 valence electrons. The molecule has 1 aromatic carbocycles. The second-order valence-electron chi connectivity index (χ2n) is 3.68. The van der Waals surface area contributed by atoms with Crippen LogP contribution in [0.1, 0.15) is 9.67 Å². The molecule has 0 aliphatic heterocycles. The molecule has 0 aliphatic carbocycles. The number of hydrogen-bond donors (Lipinski definition) is 2. The van der Waals surface area contributed by atoms with Gasteiger partial charge in [0.15, 0.2) is 6.61 Å². The summed E-state index contributed by atoms with van der Waals surface area (Å²) in [7, 11) is 0. The van der Waals surface area contributed by atoms with Crippen LogP contribution in [0.5, 0.6) is 5.75 Å². The number of carbonyl (C=O) groups is 2. The first-order chi connectivity index (χ1) is 9.06. The molecule has 0 aliphatic rings. The van der Waals surface area contributed by atoms with Crippen LogP contribution in [0.15, 0.2) is 36.4 Å². The Morgan fingerprint density at radius 3 is 2.58 bits per heavy atom. The molecule has 0 fully saturated rings. The summed E-state index contributed by atoms with van der Waals surface area (Å²) >= 11 is 1.16. The number of thiophene rings is 1. The fraction of sp³-hybridized carbons (Fsp3) is 0.0769. The van der Waals surface area contributed by atoms with E-state index in [2.05, 4.69) is 0 Å². The van der Waals surface area contributed by atoms with Gasteiger partial charge in [-0.2, -0.15) is 0 Å². The quantitative estimate of drug-likeness (QED) is 0.878. The minimum atomic E-state index is -1.05. The van der Waals surface area contributed by atoms with Crippen LogP contribution in [0.4, 0.5) is 0 Å². The van der Waals surface area contributed by atoms with Crippen molar-refractivity contribution in [2.45, 2.75) is 0 Å². The molecule has 0 saturated carbocycles. The molecule has 0 amide bonds. The predicted octanol–water partition coefficient (Wildman–Crippen LogP) is 2.58. The molecule has 2 aromatic rings. The average Bonchev–Trinajstić information content (AvgIpc) is 2.86. The first-order valence-electron chi connectivity index (χ1n) is 5.34. The van der Waals surface area contributed by atoms with Crippen molar-refractivity contribution < 1.29 is 24.5 Å². The monoisotopic (exact) mass is 278 g/mol. The van der Waals surface area contributed by atoms with Crippen molar-refractivity contribution in [1.82, 2.24) is 0 Å². The van der Waals surface area contributed by atoms with Gasteiger partial charge in [0.1, 0.15) is 10.6 Å². The van der Waals surface area contributed by atoms with Gasteiger partial charge in [-0.1, -0.05) is 12.1 Å². The van der Waals surface area contributed by atoms with Crippen molar-refractivity contribution in [3.05, 3.63) is 41.3 Å². The standard InChI is InChI=1S/C13H10O5S/c14-12(15)7-18-9-3-1-2-8(6-9)10-4-5-11(19-10)13(16)17/h1-6H,7H2,(H,14,15)(H,16,17). The molecule has 2 rings (SSSR count). The van der Waals surface area contributed by atoms with Crippen LogP contribution < -0.4 is 4.74 Å². The molecule has 6 heteroatoms. The third kappa shape index (κ3) is 3.32. The summed E-state index contributed by atoms with van der Waals surface area (Å²) in [5, 5.41) is 17.4. The number of ether oxygens (including phenoxy) is 1. The lowest BCUT2D eigenvalue weighted by Crippen LogP contribution is -2.09. The Labute approximate surface area is 112 Å². The molecular formula is C13H10O5S. The van der Waals surface area contributed by atoms with Gasteiger partial charge in [-0.3, -0.25) is 0 Å². The number of carboxylic acid groups (broad SMARTS) is 2. The second-order valence-corrected chi connectivity index (χ2v) is 4.76. The van der Waals surface area contributed by atoms with Crippen LogP contribution in [0.3, 0.4) is 0 Å². The van der Waals surface area contributed by atoms with E-state index in [4.69, 9.17) is 14.9 Å². The van der Waals surface area contributed by atoms with Gasteiger partial charge in [0.2, 0.25) is 0 Å². The van der Waals surface area contributed by atoms with Crippen molar-refractivity contribution in [1.29, 1.82) is 0 Å². The summed E-state index contributed by atoms with van der Waals surface area (Å²) in [6, 6.07) is 10.1. The van der Waals surface area contributed by atoms with E-state index in [1.807, 2.05) is 6.07 Å². The van der Waals surface area contributed by atoms with Crippen molar-refractivity contribution in [2.75, 3.05) is 6.61 Å². The molecule has 0 atom stereocenters. The molecule has 0 unspecified atom stereocenters. The summed E-state index contributed by atoms with van der Waals surface area (Å²) in [5.74, 6) is -1.57. The Hall–Kier alpha value is -2.34. The topological polar surface area (TPSA) is 83.8 Å². The van der Waals surface area contributed by atoms with Crippen LogP contribution in [0, 0.1) is 0 Å². The van der Waals surface area contributed by atoms with Crippen LogP contribution in [0.25, 0.3) is 10.4 Å². The predicted molar refractivity (Wildman–Crippen MR) is 69.8 cm³/mol. The highest BCUT2D eigenvalue weighted by Gasteiger charge is 2.09. The molecule has 0 saturated heterocycles. The fourth-order valence-electron chi connectivity index (χ4n) is 1.49. The lowest BCUT2D eigenvalue weighted by molar-refractivity contribution is -0.139. The Balaban J connectivity index is 2.21. The Kier molecular flexibility index (Phi) is 3.82. The third-order valence-electron chi connectivity index (χ3n) is 2.30. The van der Waals surface area contributed by atoms with E-state index in [0.29, 0.717) is 5.75 Å². The zero-order valence-corrected chi connectivity index (χ0v) is 10.5. The normalized spacial score (nSPS) is 10.1. The summed E-state index contributed by atoms with van der Waals surface area (Å²) in [5.41, 5.74) is 0.792. The van der Waals surface area contributed by atoms with E-state index >= 15 is 0 Å². The molecule has 1 heterocycles. The zero-order chi connectivity index (χ0) is 13.8. The first-order valence-corrected chi connectivity index (χ1v) is 6.16.